The van der Waals surface area contributed by atoms with Gasteiger partial charge in [0, 0.05) is 16.1 Å². The van der Waals surface area contributed by atoms with E-state index in [1.165, 1.54) is 12.1 Å². The Morgan fingerprint density at radius 2 is 2.00 bits per heavy atom. The Bertz CT molecular complexity index is 643. The highest BCUT2D eigenvalue weighted by atomic mass is 79.9. The average molecular weight is 368 g/mol. The number of carbonyl (C=O) groups excluding carboxylic acids is 1. The maximum atomic E-state index is 13.2. The Kier molecular flexibility index (Phi) is 5.77. The molecule has 1 N–H and O–H groups in total. The molecule has 0 saturated carbocycles. The number of benzene rings is 2. The number of carbonyl (C=O) groups is 1. The average Bonchev–Trinajstić information content (AvgIpc) is 2.50. The van der Waals surface area contributed by atoms with E-state index in [0.29, 0.717) is 29.1 Å². The molecule has 0 spiro atoms. The molecule has 0 saturated heterocycles. The van der Waals surface area contributed by atoms with Gasteiger partial charge in [-0.2, -0.15) is 0 Å². The summed E-state index contributed by atoms with van der Waals surface area (Å²) in [5.74, 6) is 0.537. The first-order valence-electron chi connectivity index (χ1n) is 6.59. The molecule has 6 heteroatoms. The van der Waals surface area contributed by atoms with Crippen LogP contribution in [0.2, 0.25) is 0 Å². The van der Waals surface area contributed by atoms with E-state index in [9.17, 15) is 9.18 Å². The molecule has 0 aliphatic heterocycles. The highest BCUT2D eigenvalue weighted by molar-refractivity contribution is 9.10. The largest absolute Gasteiger partial charge is 0.497 e. The van der Waals surface area contributed by atoms with Crippen LogP contribution < -0.4 is 14.8 Å². The minimum atomic E-state index is -0.466. The monoisotopic (exact) mass is 367 g/mol. The van der Waals surface area contributed by atoms with Crippen LogP contribution >= 0.6 is 15.9 Å². The SMILES string of the molecule is COc1cccc(OCCNC(=O)c2cc(F)cc(Br)c2)c1. The molecule has 0 unspecified atom stereocenters. The van der Waals surface area contributed by atoms with Crippen molar-refractivity contribution < 1.29 is 18.7 Å². The molecule has 0 radical (unpaired) electrons. The summed E-state index contributed by atoms with van der Waals surface area (Å²) in [5, 5.41) is 2.67. The van der Waals surface area contributed by atoms with Gasteiger partial charge in [-0.25, -0.2) is 4.39 Å². The van der Waals surface area contributed by atoms with Gasteiger partial charge < -0.3 is 14.8 Å². The summed E-state index contributed by atoms with van der Waals surface area (Å²) < 4.78 is 24.3. The fraction of sp³-hybridized carbons (Fsp3) is 0.188. The normalized spacial score (nSPS) is 10.1. The van der Waals surface area contributed by atoms with Crippen molar-refractivity contribution in [1.82, 2.24) is 5.32 Å². The van der Waals surface area contributed by atoms with Crippen LogP contribution in [0.4, 0.5) is 4.39 Å². The lowest BCUT2D eigenvalue weighted by Gasteiger charge is -2.09. The van der Waals surface area contributed by atoms with Crippen molar-refractivity contribution in [3.8, 4) is 11.5 Å². The van der Waals surface area contributed by atoms with Crippen LogP contribution in [-0.2, 0) is 0 Å². The summed E-state index contributed by atoms with van der Waals surface area (Å²) in [6.45, 7) is 0.611. The van der Waals surface area contributed by atoms with Crippen molar-refractivity contribution in [3.63, 3.8) is 0 Å². The number of methoxy groups -OCH3 is 1. The van der Waals surface area contributed by atoms with Crippen molar-refractivity contribution in [1.29, 1.82) is 0 Å². The smallest absolute Gasteiger partial charge is 0.251 e. The predicted molar refractivity (Wildman–Crippen MR) is 84.9 cm³/mol. The molecule has 0 heterocycles. The molecule has 4 nitrogen and oxygen atoms in total. The van der Waals surface area contributed by atoms with E-state index in [1.807, 2.05) is 12.1 Å². The van der Waals surface area contributed by atoms with Crippen molar-refractivity contribution in [2.45, 2.75) is 0 Å². The number of hydrogen-bond acceptors (Lipinski definition) is 3. The molecule has 0 aliphatic carbocycles. The van der Waals surface area contributed by atoms with Crippen molar-refractivity contribution in [3.05, 3.63) is 58.3 Å². The minimum Gasteiger partial charge on any atom is -0.497 e. The van der Waals surface area contributed by atoms with Gasteiger partial charge in [-0.05, 0) is 30.3 Å². The molecule has 0 aliphatic rings. The van der Waals surface area contributed by atoms with E-state index in [4.69, 9.17) is 9.47 Å². The summed E-state index contributed by atoms with van der Waals surface area (Å²) in [5.41, 5.74) is 0.258. The van der Waals surface area contributed by atoms with Gasteiger partial charge in [0.2, 0.25) is 0 Å². The molecule has 0 atom stereocenters. The fourth-order valence-corrected chi connectivity index (χ4v) is 2.28. The van der Waals surface area contributed by atoms with Crippen LogP contribution in [0.15, 0.2) is 46.9 Å². The van der Waals surface area contributed by atoms with Crippen LogP contribution in [0.1, 0.15) is 10.4 Å². The number of nitrogens with one attached hydrogen (secondary N) is 1. The van der Waals surface area contributed by atoms with Gasteiger partial charge in [0.25, 0.3) is 5.91 Å². The van der Waals surface area contributed by atoms with E-state index >= 15 is 0 Å². The molecular formula is C16H15BrFNO3. The summed E-state index contributed by atoms with van der Waals surface area (Å²) in [6.07, 6.45) is 0. The second-order valence-corrected chi connectivity index (χ2v) is 5.36. The van der Waals surface area contributed by atoms with E-state index in [2.05, 4.69) is 21.2 Å². The van der Waals surface area contributed by atoms with Gasteiger partial charge in [0.15, 0.2) is 0 Å². The third-order valence-corrected chi connectivity index (χ3v) is 3.28. The Morgan fingerprint density at radius 3 is 2.73 bits per heavy atom. The zero-order valence-electron chi connectivity index (χ0n) is 11.9. The van der Waals surface area contributed by atoms with Crippen molar-refractivity contribution >= 4 is 21.8 Å². The number of halogens is 2. The molecule has 2 rings (SSSR count). The first-order valence-corrected chi connectivity index (χ1v) is 7.39. The molecule has 0 bridgehead atoms. The van der Waals surface area contributed by atoms with E-state index in [0.717, 1.165) is 0 Å². The molecule has 2 aromatic rings. The number of amides is 1. The first kappa shape index (κ1) is 16.3. The number of rotatable bonds is 6. The standard InChI is InChI=1S/C16H15BrFNO3/c1-21-14-3-2-4-15(10-14)22-6-5-19-16(20)11-7-12(17)9-13(18)8-11/h2-4,7-10H,5-6H2,1H3,(H,19,20). The second-order valence-electron chi connectivity index (χ2n) is 4.44. The lowest BCUT2D eigenvalue weighted by molar-refractivity contribution is 0.0946. The highest BCUT2D eigenvalue weighted by Gasteiger charge is 2.07. The van der Waals surface area contributed by atoms with Crippen LogP contribution in [0.3, 0.4) is 0 Å². The predicted octanol–water partition coefficient (Wildman–Crippen LogP) is 3.41. The maximum Gasteiger partial charge on any atom is 0.251 e. The Hall–Kier alpha value is -2.08. The summed E-state index contributed by atoms with van der Waals surface area (Å²) in [6, 6.07) is 11.2. The van der Waals surface area contributed by atoms with E-state index < -0.39 is 5.82 Å². The highest BCUT2D eigenvalue weighted by Crippen LogP contribution is 2.18. The number of ether oxygens (including phenoxy) is 2. The summed E-state index contributed by atoms with van der Waals surface area (Å²) in [4.78, 5) is 11.9. The second kappa shape index (κ2) is 7.79. The van der Waals surface area contributed by atoms with E-state index in [-0.39, 0.29) is 11.5 Å². The third kappa shape index (κ3) is 4.73. The fourth-order valence-electron chi connectivity index (χ4n) is 1.81. The van der Waals surface area contributed by atoms with Crippen LogP contribution in [-0.4, -0.2) is 26.2 Å². The molecule has 2 aromatic carbocycles. The van der Waals surface area contributed by atoms with Crippen LogP contribution in [0, 0.1) is 5.82 Å². The van der Waals surface area contributed by atoms with Gasteiger partial charge in [0.1, 0.15) is 23.9 Å². The van der Waals surface area contributed by atoms with Crippen LogP contribution in [0.25, 0.3) is 0 Å². The lowest BCUT2D eigenvalue weighted by atomic mass is 10.2. The van der Waals surface area contributed by atoms with Crippen LogP contribution in [0.5, 0.6) is 11.5 Å². The zero-order valence-corrected chi connectivity index (χ0v) is 13.5. The molecular weight excluding hydrogens is 353 g/mol. The maximum absolute atomic E-state index is 13.2. The van der Waals surface area contributed by atoms with Gasteiger partial charge >= 0.3 is 0 Å². The number of hydrogen-bond donors (Lipinski definition) is 1. The van der Waals surface area contributed by atoms with E-state index in [1.54, 1.807) is 25.3 Å². The molecule has 1 amide bonds. The minimum absolute atomic E-state index is 0.258. The van der Waals surface area contributed by atoms with Gasteiger partial charge in [-0.15, -0.1) is 0 Å². The van der Waals surface area contributed by atoms with Gasteiger partial charge in [0.05, 0.1) is 13.7 Å². The molecule has 0 aromatic heterocycles. The lowest BCUT2D eigenvalue weighted by Crippen LogP contribution is -2.28. The zero-order chi connectivity index (χ0) is 15.9. The summed E-state index contributed by atoms with van der Waals surface area (Å²) in [7, 11) is 1.58. The Morgan fingerprint density at radius 1 is 1.23 bits per heavy atom. The van der Waals surface area contributed by atoms with Gasteiger partial charge in [-0.1, -0.05) is 22.0 Å². The van der Waals surface area contributed by atoms with Crippen molar-refractivity contribution in [2.75, 3.05) is 20.3 Å². The molecule has 0 fully saturated rings. The molecule has 22 heavy (non-hydrogen) atoms. The topological polar surface area (TPSA) is 47.6 Å². The van der Waals surface area contributed by atoms with Gasteiger partial charge in [-0.3, -0.25) is 4.79 Å². The third-order valence-electron chi connectivity index (χ3n) is 2.82. The Balaban J connectivity index is 1.81. The molecule has 116 valence electrons. The first-order chi connectivity index (χ1) is 10.6. The summed E-state index contributed by atoms with van der Waals surface area (Å²) >= 11 is 3.15. The van der Waals surface area contributed by atoms with Crippen molar-refractivity contribution in [2.24, 2.45) is 0 Å². The Labute approximate surface area is 136 Å². The quantitative estimate of drug-likeness (QED) is 0.795.